The van der Waals surface area contributed by atoms with Gasteiger partial charge in [0.05, 0.1) is 17.8 Å². The summed E-state index contributed by atoms with van der Waals surface area (Å²) in [7, 11) is 0. The van der Waals surface area contributed by atoms with E-state index in [-0.39, 0.29) is 12.2 Å². The van der Waals surface area contributed by atoms with E-state index < -0.39 is 0 Å². The summed E-state index contributed by atoms with van der Waals surface area (Å²) < 4.78 is 13.8. The van der Waals surface area contributed by atoms with Crippen LogP contribution in [0.2, 0.25) is 0 Å². The Morgan fingerprint density at radius 3 is 2.50 bits per heavy atom. The summed E-state index contributed by atoms with van der Waals surface area (Å²) in [5.74, 6) is 1.45. The molecule has 1 aromatic heterocycles. The molecule has 3 aromatic rings. The number of aryl methyl sites for hydroxylation is 1. The maximum atomic E-state index is 12.2. The van der Waals surface area contributed by atoms with Crippen molar-refractivity contribution in [2.45, 2.75) is 65.0 Å². The first-order chi connectivity index (χ1) is 15.5. The van der Waals surface area contributed by atoms with Crippen LogP contribution in [0.15, 0.2) is 42.5 Å². The molecule has 2 saturated carbocycles. The van der Waals surface area contributed by atoms with Gasteiger partial charge < -0.3 is 14.0 Å². The molecule has 1 atom stereocenters. The van der Waals surface area contributed by atoms with Crippen LogP contribution in [0.25, 0.3) is 22.2 Å². The smallest absolute Gasteiger partial charge is 0.411 e. The van der Waals surface area contributed by atoms with E-state index in [0.717, 1.165) is 29.8 Å². The first-order valence-corrected chi connectivity index (χ1v) is 11.9. The second-order valence-electron chi connectivity index (χ2n) is 9.19. The highest BCUT2D eigenvalue weighted by atomic mass is 16.6. The van der Waals surface area contributed by atoms with Crippen molar-refractivity contribution in [2.24, 2.45) is 5.92 Å². The van der Waals surface area contributed by atoms with Crippen LogP contribution in [0.3, 0.4) is 0 Å². The number of amides is 1. The summed E-state index contributed by atoms with van der Waals surface area (Å²) in [6.45, 7) is 6.86. The zero-order valence-corrected chi connectivity index (χ0v) is 19.2. The largest absolute Gasteiger partial charge is 0.494 e. The van der Waals surface area contributed by atoms with Crippen LogP contribution in [0.5, 0.6) is 5.75 Å². The van der Waals surface area contributed by atoms with E-state index in [1.54, 1.807) is 0 Å². The number of aromatic nitrogens is 1. The lowest BCUT2D eigenvalue weighted by Crippen LogP contribution is -2.21. The zero-order chi connectivity index (χ0) is 22.2. The SMILES string of the molecule is CCOc1ccc2c(C)c(-c3ccc(NC(=O)OC(C)C4CC4)cc3)n(C3CCC3)c2c1. The van der Waals surface area contributed by atoms with Gasteiger partial charge in [-0.2, -0.15) is 0 Å². The van der Waals surface area contributed by atoms with E-state index in [2.05, 4.69) is 47.1 Å². The predicted molar refractivity (Wildman–Crippen MR) is 128 cm³/mol. The third-order valence-electron chi connectivity index (χ3n) is 6.96. The molecule has 0 spiro atoms. The van der Waals surface area contributed by atoms with Crippen LogP contribution < -0.4 is 10.1 Å². The van der Waals surface area contributed by atoms with E-state index in [0.29, 0.717) is 18.6 Å². The standard InChI is InChI=1S/C27H32N2O3/c1-4-31-23-14-15-24-17(2)26(29(25(24)16-23)22-6-5-7-22)20-10-12-21(13-11-20)28-27(30)32-18(3)19-8-9-19/h10-16,18-19,22H,4-9H2,1-3H3,(H,28,30). The Balaban J connectivity index is 1.44. The molecule has 5 nitrogen and oxygen atoms in total. The number of ether oxygens (including phenoxy) is 2. The molecule has 5 rings (SSSR count). The summed E-state index contributed by atoms with van der Waals surface area (Å²) >= 11 is 0. The van der Waals surface area contributed by atoms with E-state index in [9.17, 15) is 4.79 Å². The predicted octanol–water partition coefficient (Wildman–Crippen LogP) is 7.09. The van der Waals surface area contributed by atoms with Crippen LogP contribution in [0.4, 0.5) is 10.5 Å². The fraction of sp³-hybridized carbons (Fsp3) is 0.444. The minimum atomic E-state index is -0.375. The average molecular weight is 433 g/mol. The summed E-state index contributed by atoms with van der Waals surface area (Å²) in [6.07, 6.45) is 5.61. The molecular formula is C27H32N2O3. The van der Waals surface area contributed by atoms with Gasteiger partial charge in [0.2, 0.25) is 0 Å². The van der Waals surface area contributed by atoms with Crippen molar-refractivity contribution >= 4 is 22.7 Å². The van der Waals surface area contributed by atoms with Gasteiger partial charge in [0.15, 0.2) is 0 Å². The average Bonchev–Trinajstić information content (AvgIpc) is 3.55. The summed E-state index contributed by atoms with van der Waals surface area (Å²) in [5, 5.41) is 4.15. The topological polar surface area (TPSA) is 52.5 Å². The Hall–Kier alpha value is -2.95. The molecular weight excluding hydrogens is 400 g/mol. The maximum absolute atomic E-state index is 12.2. The molecule has 32 heavy (non-hydrogen) atoms. The summed E-state index contributed by atoms with van der Waals surface area (Å²) in [5.41, 5.74) is 5.70. The summed E-state index contributed by atoms with van der Waals surface area (Å²) in [6, 6.07) is 15.1. The van der Waals surface area contributed by atoms with Crippen molar-refractivity contribution in [1.82, 2.24) is 4.57 Å². The Morgan fingerprint density at radius 1 is 1.12 bits per heavy atom. The molecule has 2 fully saturated rings. The van der Waals surface area contributed by atoms with Gasteiger partial charge in [-0.1, -0.05) is 12.1 Å². The molecule has 0 bridgehead atoms. The highest BCUT2D eigenvalue weighted by Gasteiger charge is 2.31. The highest BCUT2D eigenvalue weighted by molar-refractivity contribution is 5.93. The van der Waals surface area contributed by atoms with E-state index in [4.69, 9.17) is 9.47 Å². The quantitative estimate of drug-likeness (QED) is 0.434. The first-order valence-electron chi connectivity index (χ1n) is 11.9. The molecule has 168 valence electrons. The van der Waals surface area contributed by atoms with Crippen LogP contribution in [0.1, 0.15) is 57.6 Å². The third-order valence-corrected chi connectivity index (χ3v) is 6.96. The van der Waals surface area contributed by atoms with Crippen LogP contribution in [0, 0.1) is 12.8 Å². The van der Waals surface area contributed by atoms with Gasteiger partial charge >= 0.3 is 6.09 Å². The first kappa shape index (κ1) is 20.9. The lowest BCUT2D eigenvalue weighted by Gasteiger charge is -2.30. The molecule has 0 radical (unpaired) electrons. The van der Waals surface area contributed by atoms with Gasteiger partial charge in [-0.3, -0.25) is 5.32 Å². The van der Waals surface area contributed by atoms with Gasteiger partial charge in [0.1, 0.15) is 11.9 Å². The fourth-order valence-electron chi connectivity index (χ4n) is 4.78. The third kappa shape index (κ3) is 3.96. The molecule has 1 heterocycles. The van der Waals surface area contributed by atoms with Gasteiger partial charge in [-0.25, -0.2) is 4.79 Å². The number of hydrogen-bond acceptors (Lipinski definition) is 3. The van der Waals surface area contributed by atoms with E-state index in [1.165, 1.54) is 41.4 Å². The lowest BCUT2D eigenvalue weighted by atomic mass is 9.92. The number of hydrogen-bond donors (Lipinski definition) is 1. The normalized spacial score (nSPS) is 17.1. The second-order valence-corrected chi connectivity index (χ2v) is 9.19. The second kappa shape index (κ2) is 8.53. The van der Waals surface area contributed by atoms with Crippen molar-refractivity contribution in [3.05, 3.63) is 48.0 Å². The molecule has 5 heteroatoms. The molecule has 1 amide bonds. The minimum Gasteiger partial charge on any atom is -0.494 e. The number of rotatable bonds is 7. The Kier molecular flexibility index (Phi) is 5.58. The number of carbonyl (C=O) groups excluding carboxylic acids is 1. The van der Waals surface area contributed by atoms with Gasteiger partial charge in [0.25, 0.3) is 0 Å². The van der Waals surface area contributed by atoms with Crippen molar-refractivity contribution in [1.29, 1.82) is 0 Å². The number of fused-ring (bicyclic) bond motifs is 1. The number of nitrogens with zero attached hydrogens (tertiary/aromatic N) is 1. The van der Waals surface area contributed by atoms with Gasteiger partial charge in [0, 0.05) is 23.2 Å². The van der Waals surface area contributed by atoms with Crippen molar-refractivity contribution in [3.8, 4) is 17.0 Å². The Bertz CT molecular complexity index is 1120. The molecule has 1 unspecified atom stereocenters. The summed E-state index contributed by atoms with van der Waals surface area (Å²) in [4.78, 5) is 12.2. The van der Waals surface area contributed by atoms with Crippen LogP contribution in [-0.2, 0) is 4.74 Å². The molecule has 1 N–H and O–H groups in total. The Labute approximate surface area is 189 Å². The number of nitrogens with one attached hydrogen (secondary N) is 1. The van der Waals surface area contributed by atoms with Gasteiger partial charge in [-0.05, 0) is 94.2 Å². The maximum Gasteiger partial charge on any atom is 0.411 e. The zero-order valence-electron chi connectivity index (χ0n) is 19.2. The lowest BCUT2D eigenvalue weighted by molar-refractivity contribution is 0.108. The molecule has 2 aliphatic rings. The molecule has 2 aromatic carbocycles. The van der Waals surface area contributed by atoms with E-state index >= 15 is 0 Å². The number of carbonyl (C=O) groups is 1. The van der Waals surface area contributed by atoms with Crippen molar-refractivity contribution < 1.29 is 14.3 Å². The molecule has 0 aliphatic heterocycles. The van der Waals surface area contributed by atoms with Crippen LogP contribution in [-0.4, -0.2) is 23.4 Å². The number of anilines is 1. The van der Waals surface area contributed by atoms with Gasteiger partial charge in [-0.15, -0.1) is 0 Å². The van der Waals surface area contributed by atoms with E-state index in [1.807, 2.05) is 26.0 Å². The minimum absolute atomic E-state index is 0.0170. The number of benzene rings is 2. The highest BCUT2D eigenvalue weighted by Crippen LogP contribution is 2.43. The van der Waals surface area contributed by atoms with Crippen molar-refractivity contribution in [3.63, 3.8) is 0 Å². The molecule has 2 aliphatic carbocycles. The Morgan fingerprint density at radius 2 is 1.88 bits per heavy atom. The fourth-order valence-corrected chi connectivity index (χ4v) is 4.78. The van der Waals surface area contributed by atoms with Crippen molar-refractivity contribution in [2.75, 3.05) is 11.9 Å². The monoisotopic (exact) mass is 432 g/mol. The molecule has 0 saturated heterocycles. The van der Waals surface area contributed by atoms with Crippen LogP contribution >= 0.6 is 0 Å².